The van der Waals surface area contributed by atoms with E-state index in [9.17, 15) is 35.0 Å². The van der Waals surface area contributed by atoms with E-state index in [4.69, 9.17) is 18.5 Å². The van der Waals surface area contributed by atoms with Crippen molar-refractivity contribution >= 4 is 7.82 Å². The number of hydrogen-bond acceptors (Lipinski definition) is 11. The van der Waals surface area contributed by atoms with Crippen LogP contribution in [0, 0.1) is 0 Å². The third-order valence-electron chi connectivity index (χ3n) is 10.7. The Hall–Kier alpha value is -2.25. The summed E-state index contributed by atoms with van der Waals surface area (Å²) in [6.07, 6.45) is 17.1. The smallest absolute Gasteiger partial charge is 0.268 e. The lowest BCUT2D eigenvalue weighted by atomic mass is 9.85. The molecular weight excluding hydrogens is 796 g/mol. The lowest BCUT2D eigenvalue weighted by Crippen LogP contribution is -2.64. The minimum Gasteiger partial charge on any atom is -0.756 e. The molecule has 0 saturated heterocycles. The zero-order chi connectivity index (χ0) is 46.0. The minimum atomic E-state index is -5.22. The van der Waals surface area contributed by atoms with Crippen molar-refractivity contribution in [1.82, 2.24) is 0 Å². The summed E-state index contributed by atoms with van der Waals surface area (Å²) in [5.41, 5.74) is 10.5. The van der Waals surface area contributed by atoms with E-state index < -0.39 is 57.2 Å². The van der Waals surface area contributed by atoms with Crippen LogP contribution in [0.3, 0.4) is 0 Å². The molecule has 0 aromatic carbocycles. The first-order valence-electron chi connectivity index (χ1n) is 22.2. The molecule has 0 aromatic rings. The van der Waals surface area contributed by atoms with E-state index >= 15 is 0 Å². The van der Waals surface area contributed by atoms with E-state index in [1.54, 1.807) is 0 Å². The summed E-state index contributed by atoms with van der Waals surface area (Å²) in [4.78, 5) is 12.8. The highest BCUT2D eigenvalue weighted by atomic mass is 31.2. The average Bonchev–Trinajstić information content (AvgIpc) is 3.18. The number of aliphatic hydroxyl groups is 5. The molecule has 1 aliphatic rings. The maximum atomic E-state index is 12.8. The molecule has 1 fully saturated rings. The summed E-state index contributed by atoms with van der Waals surface area (Å²) in [6, 6.07) is 0. The Morgan fingerprint density at radius 2 is 0.820 bits per heavy atom. The molecule has 11 nitrogen and oxygen atoms in total. The predicted molar refractivity (Wildman–Crippen MR) is 246 cm³/mol. The number of phosphoric acid groups is 1. The van der Waals surface area contributed by atoms with Gasteiger partial charge in [-0.3, -0.25) is 4.57 Å². The molecule has 0 amide bonds. The van der Waals surface area contributed by atoms with Gasteiger partial charge >= 0.3 is 0 Å². The highest BCUT2D eigenvalue weighted by Crippen LogP contribution is 2.43. The van der Waals surface area contributed by atoms with Crippen LogP contribution in [0.25, 0.3) is 0 Å². The maximum absolute atomic E-state index is 12.8. The van der Waals surface area contributed by atoms with Crippen LogP contribution in [0.4, 0.5) is 0 Å². The fourth-order valence-electron chi connectivity index (χ4n) is 6.52. The Morgan fingerprint density at radius 1 is 0.492 bits per heavy atom. The van der Waals surface area contributed by atoms with E-state index in [0.29, 0.717) is 0 Å². The molecule has 0 aromatic heterocycles. The van der Waals surface area contributed by atoms with Gasteiger partial charge in [0.1, 0.15) is 42.7 Å². The number of phosphoric ester groups is 1. The van der Waals surface area contributed by atoms with Crippen LogP contribution < -0.4 is 4.89 Å². The lowest BCUT2D eigenvalue weighted by molar-refractivity contribution is -0.261. The van der Waals surface area contributed by atoms with E-state index in [1.165, 1.54) is 33.4 Å². The summed E-state index contributed by atoms with van der Waals surface area (Å²) in [6.45, 7) is 21.3. The summed E-state index contributed by atoms with van der Waals surface area (Å²) in [7, 11) is -5.22. The Morgan fingerprint density at radius 3 is 1.20 bits per heavy atom. The largest absolute Gasteiger partial charge is 0.756 e. The van der Waals surface area contributed by atoms with Gasteiger partial charge in [-0.1, -0.05) is 93.2 Å². The summed E-state index contributed by atoms with van der Waals surface area (Å²) >= 11 is 0. The first-order valence-corrected chi connectivity index (χ1v) is 23.6. The summed E-state index contributed by atoms with van der Waals surface area (Å²) in [5.74, 6) is 0. The predicted octanol–water partition coefficient (Wildman–Crippen LogP) is 9.37. The molecule has 0 spiro atoms. The zero-order valence-electron chi connectivity index (χ0n) is 39.1. The number of rotatable bonds is 30. The Bertz CT molecular complexity index is 1550. The normalized spacial score (nSPS) is 23.8. The highest BCUT2D eigenvalue weighted by Gasteiger charge is 2.50. The molecule has 0 bridgehead atoms. The van der Waals surface area contributed by atoms with Crippen molar-refractivity contribution in [3.8, 4) is 0 Å². The van der Waals surface area contributed by atoms with Gasteiger partial charge in [0.25, 0.3) is 7.82 Å². The molecule has 8 atom stereocenters. The molecular formula is C49H82O11P-. The molecule has 1 saturated carbocycles. The van der Waals surface area contributed by atoms with Crippen molar-refractivity contribution < 1.29 is 53.5 Å². The number of aliphatic hydroxyl groups excluding tert-OH is 5. The maximum Gasteiger partial charge on any atom is 0.268 e. The van der Waals surface area contributed by atoms with Gasteiger partial charge in [0, 0.05) is 0 Å². The third-order valence-corrected chi connectivity index (χ3v) is 11.6. The molecule has 5 N–H and O–H groups in total. The van der Waals surface area contributed by atoms with Crippen LogP contribution in [0.5, 0.6) is 0 Å². The van der Waals surface area contributed by atoms with Crippen LogP contribution in [-0.4, -0.2) is 94.7 Å². The van der Waals surface area contributed by atoms with E-state index in [2.05, 4.69) is 91.8 Å². The van der Waals surface area contributed by atoms with E-state index in [1.807, 2.05) is 26.0 Å². The van der Waals surface area contributed by atoms with Gasteiger partial charge in [-0.25, -0.2) is 0 Å². The van der Waals surface area contributed by atoms with Gasteiger partial charge in [-0.05, 0) is 146 Å². The molecule has 12 heteroatoms. The molecule has 61 heavy (non-hydrogen) atoms. The van der Waals surface area contributed by atoms with Gasteiger partial charge in [0.2, 0.25) is 0 Å². The van der Waals surface area contributed by atoms with Crippen LogP contribution in [-0.2, 0) is 23.1 Å². The van der Waals surface area contributed by atoms with Crippen LogP contribution >= 0.6 is 7.82 Å². The van der Waals surface area contributed by atoms with Crippen LogP contribution in [0.1, 0.15) is 146 Å². The van der Waals surface area contributed by atoms with Gasteiger partial charge in [-0.2, -0.15) is 0 Å². The average molecular weight is 878 g/mol. The third kappa shape index (κ3) is 26.9. The molecule has 1 rings (SSSR count). The molecule has 3 unspecified atom stereocenters. The summed E-state index contributed by atoms with van der Waals surface area (Å²) < 4.78 is 34.7. The lowest BCUT2D eigenvalue weighted by Gasteiger charge is -2.43. The fraction of sp³-hybridized carbons (Fsp3) is 0.673. The molecule has 0 radical (unpaired) electrons. The van der Waals surface area contributed by atoms with Crippen molar-refractivity contribution in [2.75, 3.05) is 26.4 Å². The second-order valence-electron chi connectivity index (χ2n) is 17.4. The van der Waals surface area contributed by atoms with Gasteiger partial charge in [0.05, 0.1) is 26.4 Å². The topological polar surface area (TPSA) is 178 Å². The van der Waals surface area contributed by atoms with Crippen molar-refractivity contribution in [2.45, 2.75) is 189 Å². The van der Waals surface area contributed by atoms with Gasteiger partial charge < -0.3 is 48.9 Å². The first kappa shape index (κ1) is 56.8. The molecule has 0 heterocycles. The molecule has 0 aliphatic heterocycles. The SMILES string of the molecule is CC(C)=CCC/C(C)=C/CC/C(C)=C/CC/C(C)=C/COC[C@@H](COP(=O)([O-])OC1[C@H](O)[C@H](O)C(O)[C@H](O)[C@H]1O)OC/C=C(\C)CC/C=C(\C)CC/C=C(\C)CCC=C(C)C. The van der Waals surface area contributed by atoms with Crippen molar-refractivity contribution in [1.29, 1.82) is 0 Å². The van der Waals surface area contributed by atoms with Gasteiger partial charge in [0.15, 0.2) is 0 Å². The number of ether oxygens (including phenoxy) is 2. The van der Waals surface area contributed by atoms with Crippen LogP contribution in [0.2, 0.25) is 0 Å². The van der Waals surface area contributed by atoms with E-state index in [0.717, 1.165) is 88.2 Å². The second kappa shape index (κ2) is 31.6. The standard InChI is InChI=1S/C49H83O11P/c1-35(2)17-11-19-37(5)21-13-23-39(7)25-15-27-41(9)29-31-57-33-43(34-59-61(55,56)60-49-47(53)45(51)44(50)46(52)48(49)54)58-32-30-42(10)28-16-26-40(8)24-14-22-38(6)20-12-18-36(3)4/h17-18,21-22,25-26,29-30,43-54H,11-16,19-20,23-24,27-28,31-34H2,1-10H3,(H,55,56)/p-1/b37-21+,38-22+,39-25+,40-26+,41-29+,42-30+/t43-,44?,45-,46+,47+,48+,49?/m0/s1. The summed E-state index contributed by atoms with van der Waals surface area (Å²) in [5, 5.41) is 50.4. The zero-order valence-corrected chi connectivity index (χ0v) is 40.0. The highest BCUT2D eigenvalue weighted by molar-refractivity contribution is 7.45. The van der Waals surface area contributed by atoms with Crippen LogP contribution in [0.15, 0.2) is 93.2 Å². The molecule has 350 valence electrons. The van der Waals surface area contributed by atoms with Crippen molar-refractivity contribution in [3.05, 3.63) is 93.2 Å². The molecule has 1 aliphatic carbocycles. The Labute approximate surface area is 369 Å². The van der Waals surface area contributed by atoms with E-state index in [-0.39, 0.29) is 19.8 Å². The fourth-order valence-corrected chi connectivity index (χ4v) is 7.48. The van der Waals surface area contributed by atoms with Crippen molar-refractivity contribution in [3.63, 3.8) is 0 Å². The van der Waals surface area contributed by atoms with Crippen molar-refractivity contribution in [2.24, 2.45) is 0 Å². The Kier molecular flexibility index (Phi) is 29.4. The number of allylic oxidation sites excluding steroid dienone is 14. The quantitative estimate of drug-likeness (QED) is 0.0264. The van der Waals surface area contributed by atoms with Gasteiger partial charge in [-0.15, -0.1) is 0 Å². The Balaban J connectivity index is 2.77. The monoisotopic (exact) mass is 878 g/mol. The first-order chi connectivity index (χ1) is 28.7. The second-order valence-corrected chi connectivity index (χ2v) is 18.7. The number of hydrogen-bond donors (Lipinski definition) is 5. The minimum absolute atomic E-state index is 0.0000490.